The van der Waals surface area contributed by atoms with Crippen molar-refractivity contribution in [2.75, 3.05) is 25.0 Å². The van der Waals surface area contributed by atoms with Crippen LogP contribution in [0.1, 0.15) is 63.0 Å². The van der Waals surface area contributed by atoms with Gasteiger partial charge < -0.3 is 15.3 Å². The number of hydrogen-bond donors (Lipinski definition) is 2. The number of aliphatic carboxylic acids is 1. The van der Waals surface area contributed by atoms with E-state index in [1.54, 1.807) is 16.8 Å². The van der Waals surface area contributed by atoms with E-state index in [1.807, 2.05) is 41.9 Å². The maximum Gasteiger partial charge on any atom is 0.317 e. The molecule has 0 spiro atoms. The van der Waals surface area contributed by atoms with Crippen molar-refractivity contribution in [2.24, 2.45) is 11.8 Å². The van der Waals surface area contributed by atoms with Gasteiger partial charge in [-0.1, -0.05) is 56.0 Å². The first-order chi connectivity index (χ1) is 20.4. The SMILES string of the molecule is CN1CC(c2ccc(-c3ccccc3-c3csc(N(C(=O)C(CC(=O)O)CC4CCCC4)C4CC4)n3)cn2)CNC1=O. The Labute approximate surface area is 250 Å². The van der Waals surface area contributed by atoms with Crippen LogP contribution in [0.4, 0.5) is 9.93 Å². The third kappa shape index (κ3) is 6.18. The molecule has 1 aliphatic heterocycles. The summed E-state index contributed by atoms with van der Waals surface area (Å²) in [4.78, 5) is 50.6. The molecule has 0 bridgehead atoms. The number of thiazole rings is 1. The Bertz CT molecular complexity index is 1450. The molecule has 2 unspecified atom stereocenters. The minimum Gasteiger partial charge on any atom is -0.481 e. The van der Waals surface area contributed by atoms with Crippen molar-refractivity contribution in [1.29, 1.82) is 0 Å². The van der Waals surface area contributed by atoms with Crippen molar-refractivity contribution in [1.82, 2.24) is 20.2 Å². The van der Waals surface area contributed by atoms with E-state index in [2.05, 4.69) is 11.4 Å². The second kappa shape index (κ2) is 12.2. The van der Waals surface area contributed by atoms with Crippen LogP contribution in [-0.2, 0) is 9.59 Å². The minimum absolute atomic E-state index is 0.0624. The maximum atomic E-state index is 13.9. The first kappa shape index (κ1) is 28.3. The molecule has 2 aliphatic carbocycles. The smallest absolute Gasteiger partial charge is 0.317 e. The molecule has 2 saturated carbocycles. The Morgan fingerprint density at radius 2 is 1.88 bits per heavy atom. The Hall–Kier alpha value is -3.79. The molecule has 0 radical (unpaired) electrons. The van der Waals surface area contributed by atoms with Gasteiger partial charge in [0.1, 0.15) is 0 Å². The predicted molar refractivity (Wildman–Crippen MR) is 162 cm³/mol. The monoisotopic (exact) mass is 587 g/mol. The highest BCUT2D eigenvalue weighted by atomic mass is 32.1. The molecule has 3 aliphatic rings. The molecule has 1 saturated heterocycles. The van der Waals surface area contributed by atoms with Gasteiger partial charge in [-0.25, -0.2) is 9.78 Å². The number of pyridine rings is 1. The van der Waals surface area contributed by atoms with E-state index in [9.17, 15) is 19.5 Å². The number of aromatic nitrogens is 2. The molecule has 3 heterocycles. The fourth-order valence-corrected chi connectivity index (χ4v) is 7.28. The molecule has 2 atom stereocenters. The number of nitrogens with one attached hydrogen (secondary N) is 1. The van der Waals surface area contributed by atoms with E-state index < -0.39 is 11.9 Å². The van der Waals surface area contributed by atoms with E-state index in [1.165, 1.54) is 11.3 Å². The quantitative estimate of drug-likeness (QED) is 0.311. The lowest BCUT2D eigenvalue weighted by Gasteiger charge is -2.30. The summed E-state index contributed by atoms with van der Waals surface area (Å²) in [5.74, 6) is -0.979. The first-order valence-electron chi connectivity index (χ1n) is 14.9. The number of carbonyl (C=O) groups is 3. The lowest BCUT2D eigenvalue weighted by atomic mass is 9.90. The zero-order chi connectivity index (χ0) is 29.2. The molecule has 9 nitrogen and oxygen atoms in total. The average molecular weight is 588 g/mol. The molecule has 6 rings (SSSR count). The van der Waals surface area contributed by atoms with Gasteiger partial charge in [-0.2, -0.15) is 0 Å². The Balaban J connectivity index is 1.24. The zero-order valence-corrected chi connectivity index (χ0v) is 24.7. The molecule has 3 fully saturated rings. The second-order valence-electron chi connectivity index (χ2n) is 11.9. The largest absolute Gasteiger partial charge is 0.481 e. The predicted octanol–water partition coefficient (Wildman–Crippen LogP) is 5.78. The average Bonchev–Trinajstić information content (AvgIpc) is 3.46. The zero-order valence-electron chi connectivity index (χ0n) is 23.9. The summed E-state index contributed by atoms with van der Waals surface area (Å²) in [6, 6.07) is 12.2. The lowest BCUT2D eigenvalue weighted by molar-refractivity contribution is -0.141. The molecule has 3 amide bonds. The third-order valence-corrected chi connectivity index (χ3v) is 9.61. The highest BCUT2D eigenvalue weighted by molar-refractivity contribution is 7.14. The number of carboxylic acids is 1. The van der Waals surface area contributed by atoms with Gasteiger partial charge in [0, 0.05) is 66.4 Å². The molecular formula is C32H37N5O4S. The summed E-state index contributed by atoms with van der Waals surface area (Å²) in [7, 11) is 1.79. The van der Waals surface area contributed by atoms with E-state index in [0.717, 1.165) is 66.6 Å². The van der Waals surface area contributed by atoms with Crippen molar-refractivity contribution in [3.05, 3.63) is 53.7 Å². The Morgan fingerprint density at radius 3 is 2.55 bits per heavy atom. The maximum absolute atomic E-state index is 13.9. The number of benzene rings is 1. The highest BCUT2D eigenvalue weighted by Crippen LogP contribution is 2.40. The van der Waals surface area contributed by atoms with Gasteiger partial charge in [-0.15, -0.1) is 11.3 Å². The van der Waals surface area contributed by atoms with Gasteiger partial charge in [-0.3, -0.25) is 19.5 Å². The van der Waals surface area contributed by atoms with E-state index in [0.29, 0.717) is 30.6 Å². The number of nitrogens with zero attached hydrogens (tertiary/aromatic N) is 4. The molecule has 10 heteroatoms. The molecule has 220 valence electrons. The van der Waals surface area contributed by atoms with Crippen molar-refractivity contribution in [2.45, 2.75) is 63.3 Å². The standard InChI is InChI=1S/C32H37N5O4S/c1-36-18-23(17-34-31(36)41)27-13-10-21(16-33-27)25-8-4-5-9-26(25)28-19-42-32(35-28)37(24-11-12-24)30(40)22(15-29(38)39)14-20-6-2-3-7-20/h4-5,8-10,13,16,19-20,22-24H,2-3,6-7,11-12,14-15,17-18H2,1H3,(H,34,41)(H,38,39). The summed E-state index contributed by atoms with van der Waals surface area (Å²) in [6.07, 6.45) is 8.69. The Morgan fingerprint density at radius 1 is 1.12 bits per heavy atom. The molecule has 42 heavy (non-hydrogen) atoms. The van der Waals surface area contributed by atoms with Crippen LogP contribution in [0.15, 0.2) is 48.0 Å². The minimum atomic E-state index is -0.921. The molecule has 2 aromatic heterocycles. The van der Waals surface area contributed by atoms with Crippen LogP contribution in [0, 0.1) is 11.8 Å². The van der Waals surface area contributed by atoms with Gasteiger partial charge in [0.25, 0.3) is 0 Å². The molecular weight excluding hydrogens is 550 g/mol. The van der Waals surface area contributed by atoms with E-state index in [-0.39, 0.29) is 30.3 Å². The van der Waals surface area contributed by atoms with Crippen molar-refractivity contribution >= 4 is 34.4 Å². The summed E-state index contributed by atoms with van der Waals surface area (Å²) in [5, 5.41) is 15.1. The molecule has 3 aromatic rings. The molecule has 1 aromatic carbocycles. The summed E-state index contributed by atoms with van der Waals surface area (Å²) >= 11 is 1.45. The number of rotatable bonds is 10. The summed E-state index contributed by atoms with van der Waals surface area (Å²) in [5.41, 5.74) is 4.64. The number of anilines is 1. The van der Waals surface area contributed by atoms with Crippen LogP contribution >= 0.6 is 11.3 Å². The van der Waals surface area contributed by atoms with Gasteiger partial charge in [0.05, 0.1) is 12.1 Å². The Kier molecular flexibility index (Phi) is 8.24. The topological polar surface area (TPSA) is 116 Å². The normalized spacial score (nSPS) is 19.9. The van der Waals surface area contributed by atoms with E-state index >= 15 is 0 Å². The second-order valence-corrected chi connectivity index (χ2v) is 12.8. The number of amides is 3. The summed E-state index contributed by atoms with van der Waals surface area (Å²) in [6.45, 7) is 1.19. The van der Waals surface area contributed by atoms with E-state index in [4.69, 9.17) is 9.97 Å². The lowest BCUT2D eigenvalue weighted by Crippen LogP contribution is -2.48. The van der Waals surface area contributed by atoms with Crippen LogP contribution in [0.5, 0.6) is 0 Å². The van der Waals surface area contributed by atoms with Gasteiger partial charge in [0.15, 0.2) is 5.13 Å². The fraction of sp³-hybridized carbons (Fsp3) is 0.469. The van der Waals surface area contributed by atoms with Crippen LogP contribution in [0.2, 0.25) is 0 Å². The first-order valence-corrected chi connectivity index (χ1v) is 15.8. The number of hydrogen-bond acceptors (Lipinski definition) is 6. The van der Waals surface area contributed by atoms with Crippen molar-refractivity contribution < 1.29 is 19.5 Å². The van der Waals surface area contributed by atoms with Crippen LogP contribution < -0.4 is 10.2 Å². The third-order valence-electron chi connectivity index (χ3n) is 8.77. The number of likely N-dealkylation sites (N-methyl/N-ethyl adjacent to an activating group) is 1. The highest BCUT2D eigenvalue weighted by Gasteiger charge is 2.40. The summed E-state index contributed by atoms with van der Waals surface area (Å²) < 4.78 is 0. The van der Waals surface area contributed by atoms with Crippen LogP contribution in [0.3, 0.4) is 0 Å². The van der Waals surface area contributed by atoms with Crippen molar-refractivity contribution in [3.63, 3.8) is 0 Å². The number of urea groups is 1. The van der Waals surface area contributed by atoms with Crippen LogP contribution in [0.25, 0.3) is 22.4 Å². The van der Waals surface area contributed by atoms with Gasteiger partial charge in [-0.05, 0) is 36.8 Å². The van der Waals surface area contributed by atoms with Crippen molar-refractivity contribution in [3.8, 4) is 22.4 Å². The molecule has 2 N–H and O–H groups in total. The van der Waals surface area contributed by atoms with Gasteiger partial charge >= 0.3 is 12.0 Å². The number of carbonyl (C=O) groups excluding carboxylic acids is 2. The fourth-order valence-electron chi connectivity index (χ4n) is 6.38. The van der Waals surface area contributed by atoms with Gasteiger partial charge in [0.2, 0.25) is 5.91 Å². The number of carboxylic acid groups (broad SMARTS) is 1. The van der Waals surface area contributed by atoms with Crippen LogP contribution in [-0.4, -0.2) is 64.1 Å².